The van der Waals surface area contributed by atoms with Crippen LogP contribution in [0.2, 0.25) is 0 Å². The van der Waals surface area contributed by atoms with Crippen molar-refractivity contribution in [1.29, 1.82) is 0 Å². The molecule has 0 atom stereocenters. The van der Waals surface area contributed by atoms with Gasteiger partial charge in [0.05, 0.1) is 18.4 Å². The fourth-order valence-electron chi connectivity index (χ4n) is 2.75. The molecule has 1 N–H and O–H groups in total. The molecule has 1 aromatic heterocycles. The van der Waals surface area contributed by atoms with E-state index in [0.717, 1.165) is 11.5 Å². The molecule has 1 aliphatic rings. The van der Waals surface area contributed by atoms with Gasteiger partial charge in [-0.15, -0.1) is 5.10 Å². The fraction of sp³-hybridized carbons (Fsp3) is 0.333. The van der Waals surface area contributed by atoms with Gasteiger partial charge in [-0.3, -0.25) is 14.3 Å². The number of aromatic nitrogens is 2. The van der Waals surface area contributed by atoms with Crippen molar-refractivity contribution in [2.75, 3.05) is 38.0 Å². The Morgan fingerprint density at radius 2 is 1.81 bits per heavy atom. The summed E-state index contributed by atoms with van der Waals surface area (Å²) in [7, 11) is -1.40. The van der Waals surface area contributed by atoms with Crippen LogP contribution in [0.3, 0.4) is 0 Å². The highest BCUT2D eigenvalue weighted by molar-refractivity contribution is 7.73. The molecule has 2 amide bonds. The number of nitrogens with one attached hydrogen (secondary N) is 1. The minimum absolute atomic E-state index is 0.199. The third-order valence-corrected chi connectivity index (χ3v) is 5.03. The van der Waals surface area contributed by atoms with E-state index in [1.165, 1.54) is 25.3 Å². The maximum absolute atomic E-state index is 12.8. The number of amides is 2. The molecule has 1 aliphatic heterocycles. The van der Waals surface area contributed by atoms with Gasteiger partial charge in [0.2, 0.25) is 10.9 Å². The second-order valence-electron chi connectivity index (χ2n) is 5.66. The number of anilines is 1. The number of ether oxygens (including phenoxy) is 1. The molecule has 0 spiro atoms. The molecule has 10 nitrogen and oxygen atoms in total. The molecule has 1 fully saturated rings. The second-order valence-corrected chi connectivity index (χ2v) is 7.01. The lowest BCUT2D eigenvalue weighted by Crippen LogP contribution is -2.50. The lowest BCUT2D eigenvalue weighted by Gasteiger charge is -2.34. The number of carbonyl (C=O) groups is 2. The van der Waals surface area contributed by atoms with Crippen molar-refractivity contribution >= 4 is 39.9 Å². The minimum atomic E-state index is -2.81. The number of carbonyl (C=O) groups excluding carboxylic acids is 2. The van der Waals surface area contributed by atoms with Gasteiger partial charge in [-0.1, -0.05) is 4.49 Å². The summed E-state index contributed by atoms with van der Waals surface area (Å²) in [5.74, 6) is -0.170. The zero-order chi connectivity index (χ0) is 19.4. The van der Waals surface area contributed by atoms with Gasteiger partial charge in [-0.2, -0.15) is 0 Å². The third kappa shape index (κ3) is 4.34. The van der Waals surface area contributed by atoms with E-state index in [4.69, 9.17) is 4.74 Å². The molecule has 12 heteroatoms. The molecule has 1 saturated heterocycles. The van der Waals surface area contributed by atoms with Crippen molar-refractivity contribution in [3.05, 3.63) is 34.8 Å². The molecule has 0 unspecified atom stereocenters. The molecular formula is C15H17N5O5S2. The van der Waals surface area contributed by atoms with Crippen molar-refractivity contribution in [2.45, 2.75) is 0 Å². The first-order valence-electron chi connectivity index (χ1n) is 7.94. The Hall–Kier alpha value is -2.73. The molecule has 3 rings (SSSR count). The van der Waals surface area contributed by atoms with E-state index < -0.39 is 10.9 Å². The van der Waals surface area contributed by atoms with E-state index in [0.29, 0.717) is 43.1 Å². The number of hydrogen-bond acceptors (Lipinski definition) is 8. The Balaban J connectivity index is 1.67. The fourth-order valence-corrected chi connectivity index (χ4v) is 3.53. The van der Waals surface area contributed by atoms with Gasteiger partial charge in [0.15, 0.2) is 5.69 Å². The summed E-state index contributed by atoms with van der Waals surface area (Å²) in [4.78, 5) is 28.3. The third-order valence-electron chi connectivity index (χ3n) is 4.09. The zero-order valence-electron chi connectivity index (χ0n) is 14.3. The second kappa shape index (κ2) is 8.31. The van der Waals surface area contributed by atoms with Crippen LogP contribution >= 0.6 is 11.5 Å². The van der Waals surface area contributed by atoms with Crippen molar-refractivity contribution in [3.8, 4) is 5.75 Å². The summed E-state index contributed by atoms with van der Waals surface area (Å²) in [6.45, 7) is 1.52. The topological polar surface area (TPSA) is 122 Å². The highest BCUT2D eigenvalue weighted by Crippen LogP contribution is 2.25. The normalized spacial score (nSPS) is 14.3. The van der Waals surface area contributed by atoms with Gasteiger partial charge < -0.3 is 14.5 Å². The molecule has 144 valence electrons. The van der Waals surface area contributed by atoms with E-state index in [-0.39, 0.29) is 17.6 Å². The van der Waals surface area contributed by atoms with Crippen molar-refractivity contribution in [1.82, 2.24) is 19.4 Å². The van der Waals surface area contributed by atoms with Crippen LogP contribution in [0.1, 0.15) is 20.8 Å². The standard InChI is InChI=1S/C15H17N5O5S2/c1-25-13-8-10(17-27(23)24)2-3-11(13)14(21)19-4-6-20(7-5-19)15(22)12-9-26-18-16-12/h2-3,8-9,27H,4-7H2,1H3,(H,17,23,24). The van der Waals surface area contributed by atoms with Gasteiger partial charge in [-0.25, -0.2) is 8.42 Å². The molecular weight excluding hydrogens is 394 g/mol. The SMILES string of the molecule is COc1cc(N[SH](=O)=O)ccc1C(=O)N1CCN(C(=O)c2csnn2)CC1. The quantitative estimate of drug-likeness (QED) is 0.669. The summed E-state index contributed by atoms with van der Waals surface area (Å²) < 4.78 is 32.7. The summed E-state index contributed by atoms with van der Waals surface area (Å²) >= 11 is 1.11. The van der Waals surface area contributed by atoms with Gasteiger partial charge in [0, 0.05) is 37.6 Å². The molecule has 0 bridgehead atoms. The Kier molecular flexibility index (Phi) is 5.86. The molecule has 0 saturated carbocycles. The Labute approximate surface area is 161 Å². The van der Waals surface area contributed by atoms with Crippen LogP contribution in [0.25, 0.3) is 0 Å². The van der Waals surface area contributed by atoms with Crippen LogP contribution in [-0.4, -0.2) is 72.9 Å². The summed E-state index contributed by atoms with van der Waals surface area (Å²) in [6, 6.07) is 4.46. The monoisotopic (exact) mass is 411 g/mol. The lowest BCUT2D eigenvalue weighted by molar-refractivity contribution is 0.0530. The smallest absolute Gasteiger partial charge is 0.275 e. The Morgan fingerprint density at radius 3 is 2.37 bits per heavy atom. The maximum Gasteiger partial charge on any atom is 0.275 e. The van der Waals surface area contributed by atoms with Crippen LogP contribution in [0.15, 0.2) is 23.6 Å². The van der Waals surface area contributed by atoms with Crippen LogP contribution in [0.4, 0.5) is 5.69 Å². The molecule has 0 radical (unpaired) electrons. The predicted molar refractivity (Wildman–Crippen MR) is 98.6 cm³/mol. The average Bonchev–Trinajstić information content (AvgIpc) is 3.21. The van der Waals surface area contributed by atoms with Crippen molar-refractivity contribution in [2.24, 2.45) is 0 Å². The number of rotatable bonds is 5. The van der Waals surface area contributed by atoms with Crippen LogP contribution in [-0.2, 0) is 10.9 Å². The van der Waals surface area contributed by atoms with Gasteiger partial charge in [-0.05, 0) is 23.7 Å². The van der Waals surface area contributed by atoms with Gasteiger partial charge in [0.25, 0.3) is 11.8 Å². The molecule has 1 aromatic carbocycles. The highest BCUT2D eigenvalue weighted by Gasteiger charge is 2.27. The van der Waals surface area contributed by atoms with Crippen LogP contribution < -0.4 is 9.46 Å². The average molecular weight is 411 g/mol. The Bertz CT molecular complexity index is 899. The van der Waals surface area contributed by atoms with Gasteiger partial charge >= 0.3 is 0 Å². The molecule has 2 aromatic rings. The first kappa shape index (κ1) is 19.0. The minimum Gasteiger partial charge on any atom is -0.496 e. The lowest BCUT2D eigenvalue weighted by atomic mass is 10.1. The number of benzene rings is 1. The van der Waals surface area contributed by atoms with Crippen LogP contribution in [0, 0.1) is 0 Å². The van der Waals surface area contributed by atoms with E-state index in [2.05, 4.69) is 14.3 Å². The van der Waals surface area contributed by atoms with E-state index in [9.17, 15) is 18.0 Å². The summed E-state index contributed by atoms with van der Waals surface area (Å²) in [5.41, 5.74) is 0.945. The number of nitrogens with zero attached hydrogens (tertiary/aromatic N) is 4. The highest BCUT2D eigenvalue weighted by atomic mass is 32.2. The van der Waals surface area contributed by atoms with E-state index in [1.54, 1.807) is 15.2 Å². The van der Waals surface area contributed by atoms with E-state index in [1.807, 2.05) is 0 Å². The van der Waals surface area contributed by atoms with Crippen molar-refractivity contribution in [3.63, 3.8) is 0 Å². The number of methoxy groups -OCH3 is 1. The Morgan fingerprint density at radius 1 is 1.15 bits per heavy atom. The van der Waals surface area contributed by atoms with Crippen molar-refractivity contribution < 1.29 is 22.7 Å². The first-order chi connectivity index (χ1) is 13.0. The molecule has 2 heterocycles. The number of thiol groups is 1. The predicted octanol–water partition coefficient (Wildman–Crippen LogP) is 0.0832. The molecule has 27 heavy (non-hydrogen) atoms. The molecule has 0 aliphatic carbocycles. The first-order valence-corrected chi connectivity index (χ1v) is 9.95. The number of hydrogen-bond donors (Lipinski definition) is 2. The number of piperazine rings is 1. The largest absolute Gasteiger partial charge is 0.496 e. The van der Waals surface area contributed by atoms with Gasteiger partial charge in [0.1, 0.15) is 5.75 Å². The summed E-state index contributed by atoms with van der Waals surface area (Å²) in [5, 5.41) is 5.37. The zero-order valence-corrected chi connectivity index (χ0v) is 16.0. The maximum atomic E-state index is 12.8. The van der Waals surface area contributed by atoms with E-state index >= 15 is 0 Å². The van der Waals surface area contributed by atoms with Crippen LogP contribution in [0.5, 0.6) is 5.75 Å². The summed E-state index contributed by atoms with van der Waals surface area (Å²) in [6.07, 6.45) is 0.